The number of ether oxygens (including phenoxy) is 2. The van der Waals surface area contributed by atoms with Crippen LogP contribution >= 0.6 is 0 Å². The van der Waals surface area contributed by atoms with Crippen molar-refractivity contribution in [2.24, 2.45) is 0 Å². The Labute approximate surface area is 149 Å². The van der Waals surface area contributed by atoms with Crippen molar-refractivity contribution in [3.63, 3.8) is 0 Å². The van der Waals surface area contributed by atoms with Crippen LogP contribution in [0.3, 0.4) is 0 Å². The molecule has 1 aliphatic heterocycles. The summed E-state index contributed by atoms with van der Waals surface area (Å²) in [6, 6.07) is 17.8. The monoisotopic (exact) mass is 339 g/mol. The number of likely N-dealkylation sites (tertiary alicyclic amines) is 1. The zero-order valence-corrected chi connectivity index (χ0v) is 14.7. The number of piperidine rings is 1. The Hall–Kier alpha value is -2.49. The Bertz CT molecular complexity index is 661. The third-order valence-electron chi connectivity index (χ3n) is 4.63. The maximum absolute atomic E-state index is 12.4. The quantitative estimate of drug-likeness (QED) is 0.805. The molecule has 0 bridgehead atoms. The second-order valence-corrected chi connectivity index (χ2v) is 6.36. The van der Waals surface area contributed by atoms with Crippen LogP contribution in [0.4, 0.5) is 0 Å². The summed E-state index contributed by atoms with van der Waals surface area (Å²) in [7, 11) is 1.66. The lowest BCUT2D eigenvalue weighted by molar-refractivity contribution is -0.132. The highest BCUT2D eigenvalue weighted by molar-refractivity contribution is 5.76. The average Bonchev–Trinajstić information content (AvgIpc) is 2.68. The van der Waals surface area contributed by atoms with Gasteiger partial charge in [-0.2, -0.15) is 0 Å². The number of rotatable bonds is 6. The van der Waals surface area contributed by atoms with Crippen molar-refractivity contribution < 1.29 is 14.3 Å². The number of hydrogen-bond acceptors (Lipinski definition) is 3. The van der Waals surface area contributed by atoms with Gasteiger partial charge in [-0.15, -0.1) is 0 Å². The first-order valence-electron chi connectivity index (χ1n) is 8.87. The predicted octanol–water partition coefficient (Wildman–Crippen LogP) is 3.70. The zero-order valence-electron chi connectivity index (χ0n) is 14.7. The summed E-state index contributed by atoms with van der Waals surface area (Å²) in [6.07, 6.45) is 3.31. The first-order chi connectivity index (χ1) is 12.2. The molecule has 132 valence electrons. The lowest BCUT2D eigenvalue weighted by atomic mass is 10.1. The average molecular weight is 339 g/mol. The minimum atomic E-state index is 0.202. The fourth-order valence-electron chi connectivity index (χ4n) is 3.12. The van der Waals surface area contributed by atoms with Crippen LogP contribution in [0.25, 0.3) is 0 Å². The zero-order chi connectivity index (χ0) is 17.5. The fourth-order valence-corrected chi connectivity index (χ4v) is 3.12. The van der Waals surface area contributed by atoms with Crippen molar-refractivity contribution in [1.29, 1.82) is 0 Å². The standard InChI is InChI=1S/C21H25NO3/c1-24-18-10-7-17(8-11-18)9-12-21(23)22-15-13-20(14-16-22)25-19-5-3-2-4-6-19/h2-8,10-11,20H,9,12-16H2,1H3. The lowest BCUT2D eigenvalue weighted by Crippen LogP contribution is -2.41. The summed E-state index contributed by atoms with van der Waals surface area (Å²) in [4.78, 5) is 14.4. The van der Waals surface area contributed by atoms with Crippen molar-refractivity contribution in [3.05, 3.63) is 60.2 Å². The molecule has 2 aromatic carbocycles. The SMILES string of the molecule is COc1ccc(CCC(=O)N2CCC(Oc3ccccc3)CC2)cc1. The Kier molecular flexibility index (Phi) is 5.94. The summed E-state index contributed by atoms with van der Waals surface area (Å²) in [6.45, 7) is 1.55. The van der Waals surface area contributed by atoms with Gasteiger partial charge in [0, 0.05) is 32.4 Å². The molecule has 25 heavy (non-hydrogen) atoms. The second-order valence-electron chi connectivity index (χ2n) is 6.36. The number of para-hydroxylation sites is 1. The second kappa shape index (κ2) is 8.56. The molecule has 1 aliphatic rings. The van der Waals surface area contributed by atoms with E-state index in [1.807, 2.05) is 59.5 Å². The smallest absolute Gasteiger partial charge is 0.222 e. The van der Waals surface area contributed by atoms with Crippen LogP contribution in [0.2, 0.25) is 0 Å². The number of carbonyl (C=O) groups is 1. The predicted molar refractivity (Wildman–Crippen MR) is 98.0 cm³/mol. The molecule has 0 saturated carbocycles. The molecule has 0 spiro atoms. The molecule has 0 N–H and O–H groups in total. The van der Waals surface area contributed by atoms with Crippen molar-refractivity contribution in [2.45, 2.75) is 31.8 Å². The molecule has 1 fully saturated rings. The molecule has 0 aliphatic carbocycles. The summed E-state index contributed by atoms with van der Waals surface area (Å²) in [5.74, 6) is 1.98. The van der Waals surface area contributed by atoms with E-state index in [2.05, 4.69) is 0 Å². The van der Waals surface area contributed by atoms with Crippen molar-refractivity contribution in [3.8, 4) is 11.5 Å². The fraction of sp³-hybridized carbons (Fsp3) is 0.381. The number of nitrogens with zero attached hydrogens (tertiary/aromatic N) is 1. The van der Waals surface area contributed by atoms with E-state index in [1.54, 1.807) is 7.11 Å². The van der Waals surface area contributed by atoms with Gasteiger partial charge in [0.15, 0.2) is 0 Å². The van der Waals surface area contributed by atoms with Crippen LogP contribution in [0.15, 0.2) is 54.6 Å². The van der Waals surface area contributed by atoms with Gasteiger partial charge in [0.05, 0.1) is 7.11 Å². The third kappa shape index (κ3) is 4.99. The maximum atomic E-state index is 12.4. The van der Waals surface area contributed by atoms with Crippen LogP contribution in [0.1, 0.15) is 24.8 Å². The van der Waals surface area contributed by atoms with Gasteiger partial charge >= 0.3 is 0 Å². The topological polar surface area (TPSA) is 38.8 Å². The van der Waals surface area contributed by atoms with E-state index in [-0.39, 0.29) is 12.0 Å². The van der Waals surface area contributed by atoms with Crippen LogP contribution in [-0.2, 0) is 11.2 Å². The van der Waals surface area contributed by atoms with E-state index in [0.29, 0.717) is 6.42 Å². The number of carbonyl (C=O) groups excluding carboxylic acids is 1. The highest BCUT2D eigenvalue weighted by Crippen LogP contribution is 2.19. The van der Waals surface area contributed by atoms with E-state index in [0.717, 1.165) is 49.4 Å². The highest BCUT2D eigenvalue weighted by atomic mass is 16.5. The van der Waals surface area contributed by atoms with Gasteiger partial charge in [-0.25, -0.2) is 0 Å². The molecular formula is C21H25NO3. The van der Waals surface area contributed by atoms with E-state index < -0.39 is 0 Å². The molecule has 4 nitrogen and oxygen atoms in total. The molecule has 4 heteroatoms. The molecule has 2 aromatic rings. The van der Waals surface area contributed by atoms with Gasteiger partial charge < -0.3 is 14.4 Å². The summed E-state index contributed by atoms with van der Waals surface area (Å²) in [5.41, 5.74) is 1.16. The molecule has 1 amide bonds. The molecule has 0 atom stereocenters. The Balaban J connectivity index is 1.41. The van der Waals surface area contributed by atoms with Crippen molar-refractivity contribution in [1.82, 2.24) is 4.90 Å². The van der Waals surface area contributed by atoms with Crippen molar-refractivity contribution >= 4 is 5.91 Å². The Morgan fingerprint density at radius 1 is 1.00 bits per heavy atom. The lowest BCUT2D eigenvalue weighted by Gasteiger charge is -2.32. The molecule has 3 rings (SSSR count). The number of amides is 1. The Morgan fingerprint density at radius 2 is 1.68 bits per heavy atom. The highest BCUT2D eigenvalue weighted by Gasteiger charge is 2.23. The van der Waals surface area contributed by atoms with Crippen LogP contribution < -0.4 is 9.47 Å². The van der Waals surface area contributed by atoms with E-state index in [4.69, 9.17) is 9.47 Å². The number of hydrogen-bond donors (Lipinski definition) is 0. The van der Waals surface area contributed by atoms with Gasteiger partial charge in [0.2, 0.25) is 5.91 Å². The van der Waals surface area contributed by atoms with Gasteiger partial charge in [0.1, 0.15) is 17.6 Å². The normalized spacial score (nSPS) is 15.0. The molecule has 0 radical (unpaired) electrons. The van der Waals surface area contributed by atoms with E-state index >= 15 is 0 Å². The minimum absolute atomic E-state index is 0.202. The van der Waals surface area contributed by atoms with Crippen molar-refractivity contribution in [2.75, 3.05) is 20.2 Å². The molecule has 1 heterocycles. The van der Waals surface area contributed by atoms with Crippen LogP contribution in [0, 0.1) is 0 Å². The first kappa shape index (κ1) is 17.3. The molecular weight excluding hydrogens is 314 g/mol. The van der Waals surface area contributed by atoms with E-state index in [1.165, 1.54) is 0 Å². The maximum Gasteiger partial charge on any atom is 0.222 e. The third-order valence-corrected chi connectivity index (χ3v) is 4.63. The molecule has 0 aromatic heterocycles. The Morgan fingerprint density at radius 3 is 2.32 bits per heavy atom. The largest absolute Gasteiger partial charge is 0.497 e. The van der Waals surface area contributed by atoms with Gasteiger partial charge in [-0.05, 0) is 36.2 Å². The summed E-state index contributed by atoms with van der Waals surface area (Å²) < 4.78 is 11.1. The van der Waals surface area contributed by atoms with Gasteiger partial charge in [-0.1, -0.05) is 30.3 Å². The minimum Gasteiger partial charge on any atom is -0.497 e. The summed E-state index contributed by atoms with van der Waals surface area (Å²) in [5, 5.41) is 0. The van der Waals surface area contributed by atoms with Gasteiger partial charge in [0.25, 0.3) is 0 Å². The van der Waals surface area contributed by atoms with Crippen LogP contribution in [0.5, 0.6) is 11.5 Å². The first-order valence-corrected chi connectivity index (χ1v) is 8.87. The molecule has 0 unspecified atom stereocenters. The van der Waals surface area contributed by atoms with E-state index in [9.17, 15) is 4.79 Å². The summed E-state index contributed by atoms with van der Waals surface area (Å²) >= 11 is 0. The number of methoxy groups -OCH3 is 1. The van der Waals surface area contributed by atoms with Gasteiger partial charge in [-0.3, -0.25) is 4.79 Å². The van der Waals surface area contributed by atoms with Crippen LogP contribution in [-0.4, -0.2) is 37.1 Å². The molecule has 1 saturated heterocycles. The number of aryl methyl sites for hydroxylation is 1. The number of benzene rings is 2.